The van der Waals surface area contributed by atoms with Crippen LogP contribution in [0.4, 0.5) is 11.5 Å². The van der Waals surface area contributed by atoms with Crippen LogP contribution in [0, 0.1) is 0 Å². The van der Waals surface area contributed by atoms with Crippen molar-refractivity contribution < 1.29 is 0 Å². The average Bonchev–Trinajstić information content (AvgIpc) is 2.74. The normalized spacial score (nSPS) is 12.0. The van der Waals surface area contributed by atoms with Crippen LogP contribution in [0.15, 0.2) is 52.8 Å². The maximum absolute atomic E-state index is 4.98. The van der Waals surface area contributed by atoms with Gasteiger partial charge in [-0.1, -0.05) is 24.3 Å². The number of anilines is 2. The van der Waals surface area contributed by atoms with Crippen molar-refractivity contribution in [2.24, 2.45) is 10.2 Å². The summed E-state index contributed by atoms with van der Waals surface area (Å²) in [6.45, 7) is 3.70. The number of nitrogens with one attached hydrogen (secondary N) is 3. The minimum atomic E-state index is 0.448. The summed E-state index contributed by atoms with van der Waals surface area (Å²) in [6, 6.07) is 12.2. The first-order valence-corrected chi connectivity index (χ1v) is 9.54. The summed E-state index contributed by atoms with van der Waals surface area (Å²) in [5, 5.41) is 11.7. The van der Waals surface area contributed by atoms with Gasteiger partial charge in [0, 0.05) is 33.0 Å². The Balaban J connectivity index is 1.95. The second-order valence-corrected chi connectivity index (χ2v) is 6.90. The molecule has 1 heterocycles. The van der Waals surface area contributed by atoms with E-state index in [0.717, 1.165) is 22.6 Å². The van der Waals surface area contributed by atoms with Crippen LogP contribution >= 0.6 is 12.2 Å². The molecule has 0 aliphatic carbocycles. The molecule has 0 saturated heterocycles. The fraction of sp³-hybridized carbons (Fsp3) is 0.238. The third-order valence-corrected chi connectivity index (χ3v) is 4.37. The highest BCUT2D eigenvalue weighted by Gasteiger charge is 1.99. The number of hydrogen-bond acceptors (Lipinski definition) is 6. The standard InChI is InChI=1S/C21H27N7S/c1-15(16(2)25-27-21(29)22-3)24-26-20-13-10-18(14-23-20)7-6-17-8-11-19(12-9-17)28(4)5/h6-14H,1-5H3,(H,23,26)(H2,22,27,29)/b7-6+,24-15?,25-16?. The molecule has 0 spiro atoms. The van der Waals surface area contributed by atoms with Crippen molar-refractivity contribution in [3.8, 4) is 0 Å². The number of aromatic nitrogens is 1. The Hall–Kier alpha value is -3.26. The molecule has 1 aromatic heterocycles. The molecule has 8 heteroatoms. The van der Waals surface area contributed by atoms with Crippen molar-refractivity contribution in [1.29, 1.82) is 0 Å². The zero-order valence-corrected chi connectivity index (χ0v) is 18.2. The van der Waals surface area contributed by atoms with Gasteiger partial charge in [0.25, 0.3) is 0 Å². The van der Waals surface area contributed by atoms with Crippen LogP contribution in [0.3, 0.4) is 0 Å². The lowest BCUT2D eigenvalue weighted by Gasteiger charge is -2.11. The molecule has 29 heavy (non-hydrogen) atoms. The number of nitrogens with zero attached hydrogens (tertiary/aromatic N) is 4. The zero-order valence-electron chi connectivity index (χ0n) is 17.4. The Labute approximate surface area is 177 Å². The third kappa shape index (κ3) is 7.34. The molecule has 0 fully saturated rings. The molecule has 0 saturated carbocycles. The minimum absolute atomic E-state index is 0.448. The highest BCUT2D eigenvalue weighted by atomic mass is 32.1. The highest BCUT2D eigenvalue weighted by molar-refractivity contribution is 7.80. The summed E-state index contributed by atoms with van der Waals surface area (Å²) in [5.41, 5.74) is 10.4. The molecule has 0 amide bonds. The van der Waals surface area contributed by atoms with E-state index in [1.165, 1.54) is 5.69 Å². The molecule has 0 radical (unpaired) electrons. The zero-order chi connectivity index (χ0) is 21.2. The van der Waals surface area contributed by atoms with Gasteiger partial charge in [-0.25, -0.2) is 4.98 Å². The van der Waals surface area contributed by atoms with Gasteiger partial charge >= 0.3 is 0 Å². The van der Waals surface area contributed by atoms with E-state index < -0.39 is 0 Å². The maximum Gasteiger partial charge on any atom is 0.186 e. The van der Waals surface area contributed by atoms with Gasteiger partial charge in [-0.15, -0.1) is 0 Å². The van der Waals surface area contributed by atoms with Crippen molar-refractivity contribution in [2.75, 3.05) is 31.5 Å². The molecular weight excluding hydrogens is 382 g/mol. The van der Waals surface area contributed by atoms with Gasteiger partial charge in [0.05, 0.1) is 11.4 Å². The van der Waals surface area contributed by atoms with Crippen LogP contribution in [0.2, 0.25) is 0 Å². The Morgan fingerprint density at radius 2 is 1.59 bits per heavy atom. The van der Waals surface area contributed by atoms with Crippen LogP contribution < -0.4 is 21.1 Å². The quantitative estimate of drug-likeness (QED) is 0.369. The number of hydrazone groups is 2. The van der Waals surface area contributed by atoms with Crippen LogP contribution in [0.25, 0.3) is 12.2 Å². The van der Waals surface area contributed by atoms with E-state index in [-0.39, 0.29) is 0 Å². The Bertz CT molecular complexity index is 898. The van der Waals surface area contributed by atoms with Crippen LogP contribution in [0.1, 0.15) is 25.0 Å². The summed E-state index contributed by atoms with van der Waals surface area (Å²) < 4.78 is 0. The third-order valence-electron chi connectivity index (χ3n) is 4.08. The minimum Gasteiger partial charge on any atom is -0.378 e. The molecule has 152 valence electrons. The number of rotatable bonds is 7. The number of hydrogen-bond donors (Lipinski definition) is 3. The summed E-state index contributed by atoms with van der Waals surface area (Å²) in [6.07, 6.45) is 5.89. The van der Waals surface area contributed by atoms with Gasteiger partial charge in [-0.05, 0) is 61.5 Å². The van der Waals surface area contributed by atoms with E-state index in [0.29, 0.717) is 10.9 Å². The van der Waals surface area contributed by atoms with Gasteiger partial charge in [-0.2, -0.15) is 10.2 Å². The smallest absolute Gasteiger partial charge is 0.186 e. The van der Waals surface area contributed by atoms with Gasteiger partial charge < -0.3 is 10.2 Å². The molecule has 2 rings (SSSR count). The topological polar surface area (TPSA) is 76.9 Å². The summed E-state index contributed by atoms with van der Waals surface area (Å²) >= 11 is 4.98. The fourth-order valence-electron chi connectivity index (χ4n) is 2.14. The van der Waals surface area contributed by atoms with Crippen molar-refractivity contribution in [2.45, 2.75) is 13.8 Å². The van der Waals surface area contributed by atoms with Crippen molar-refractivity contribution in [3.05, 3.63) is 53.7 Å². The van der Waals surface area contributed by atoms with Gasteiger partial charge in [0.1, 0.15) is 5.82 Å². The number of benzene rings is 1. The van der Waals surface area contributed by atoms with E-state index in [4.69, 9.17) is 12.2 Å². The fourth-order valence-corrected chi connectivity index (χ4v) is 2.19. The first-order chi connectivity index (χ1) is 13.9. The first-order valence-electron chi connectivity index (χ1n) is 9.13. The molecule has 0 aliphatic rings. The predicted octanol–water partition coefficient (Wildman–Crippen LogP) is 3.58. The summed E-state index contributed by atoms with van der Waals surface area (Å²) in [4.78, 5) is 6.46. The molecule has 2 aromatic rings. The summed E-state index contributed by atoms with van der Waals surface area (Å²) in [7, 11) is 5.79. The first kappa shape index (κ1) is 22.0. The number of pyridine rings is 1. The molecule has 0 bridgehead atoms. The largest absolute Gasteiger partial charge is 0.378 e. The van der Waals surface area contributed by atoms with Crippen molar-refractivity contribution >= 4 is 52.4 Å². The van der Waals surface area contributed by atoms with E-state index in [1.807, 2.05) is 46.2 Å². The Morgan fingerprint density at radius 3 is 2.17 bits per heavy atom. The summed E-state index contributed by atoms with van der Waals surface area (Å²) in [5.74, 6) is 0.656. The van der Waals surface area contributed by atoms with Crippen LogP contribution in [0.5, 0.6) is 0 Å². The Morgan fingerprint density at radius 1 is 0.966 bits per heavy atom. The maximum atomic E-state index is 4.98. The molecular formula is C21H27N7S. The molecule has 1 aromatic carbocycles. The Kier molecular flexibility index (Phi) is 8.29. The lowest BCUT2D eigenvalue weighted by atomic mass is 10.1. The predicted molar refractivity (Wildman–Crippen MR) is 129 cm³/mol. The van der Waals surface area contributed by atoms with E-state index >= 15 is 0 Å². The monoisotopic (exact) mass is 409 g/mol. The SMILES string of the molecule is CNC(=S)NN=C(C)C(C)=NNc1ccc(/C=C/c2ccc(N(C)C)cc2)cn1. The second-order valence-electron chi connectivity index (χ2n) is 6.49. The van der Waals surface area contributed by atoms with Crippen LogP contribution in [-0.4, -0.2) is 42.7 Å². The van der Waals surface area contributed by atoms with Gasteiger partial charge in [0.15, 0.2) is 5.11 Å². The lowest BCUT2D eigenvalue weighted by Crippen LogP contribution is -2.30. The van der Waals surface area contributed by atoms with E-state index in [9.17, 15) is 0 Å². The van der Waals surface area contributed by atoms with Crippen molar-refractivity contribution in [1.82, 2.24) is 15.7 Å². The highest BCUT2D eigenvalue weighted by Crippen LogP contribution is 2.15. The second kappa shape index (κ2) is 10.9. The lowest BCUT2D eigenvalue weighted by molar-refractivity contribution is 0.976. The van der Waals surface area contributed by atoms with Gasteiger partial charge in [0.2, 0.25) is 0 Å². The average molecular weight is 410 g/mol. The molecule has 7 nitrogen and oxygen atoms in total. The number of thiocarbonyl (C=S) groups is 1. The molecule has 0 unspecified atom stereocenters. The van der Waals surface area contributed by atoms with Gasteiger partial charge in [-0.3, -0.25) is 10.9 Å². The van der Waals surface area contributed by atoms with Crippen LogP contribution in [-0.2, 0) is 0 Å². The van der Waals surface area contributed by atoms with Crippen molar-refractivity contribution in [3.63, 3.8) is 0 Å². The molecule has 0 atom stereocenters. The van der Waals surface area contributed by atoms with E-state index in [2.05, 4.69) is 66.6 Å². The van der Waals surface area contributed by atoms with E-state index in [1.54, 1.807) is 13.2 Å². The molecule has 0 aliphatic heterocycles. The molecule has 3 N–H and O–H groups in total.